The number of likely N-dealkylation sites (tertiary alicyclic amines) is 1. The first-order chi connectivity index (χ1) is 15.1. The summed E-state index contributed by atoms with van der Waals surface area (Å²) in [6, 6.07) is 12.1. The van der Waals surface area contributed by atoms with Gasteiger partial charge >= 0.3 is 0 Å². The zero-order chi connectivity index (χ0) is 21.8. The van der Waals surface area contributed by atoms with Crippen molar-refractivity contribution in [3.63, 3.8) is 0 Å². The zero-order valence-corrected chi connectivity index (χ0v) is 19.3. The number of methoxy groups -OCH3 is 1. The first-order valence-electron chi connectivity index (χ1n) is 11.3. The minimum atomic E-state index is -0.154. The second-order valence-corrected chi connectivity index (χ2v) is 9.02. The molecular weight excluding hydrogens is 410 g/mol. The molecule has 1 fully saturated rings. The Morgan fingerprint density at radius 1 is 1.10 bits per heavy atom. The fraction of sp³-hybridized carbons (Fsp3) is 0.480. The molecule has 4 rings (SSSR count). The average molecular weight is 442 g/mol. The molecule has 0 radical (unpaired) electrons. The number of benzene rings is 2. The highest BCUT2D eigenvalue weighted by Crippen LogP contribution is 2.32. The summed E-state index contributed by atoms with van der Waals surface area (Å²) < 4.78 is 5.37. The fourth-order valence-electron chi connectivity index (χ4n) is 4.84. The molecule has 2 aromatic rings. The maximum absolute atomic E-state index is 13.0. The molecule has 2 aliphatic rings. The molecule has 2 heterocycles. The van der Waals surface area contributed by atoms with E-state index in [9.17, 15) is 4.79 Å². The first-order valence-corrected chi connectivity index (χ1v) is 11.6. The van der Waals surface area contributed by atoms with Crippen LogP contribution in [0.2, 0.25) is 5.02 Å². The second-order valence-electron chi connectivity index (χ2n) is 8.58. The van der Waals surface area contributed by atoms with E-state index >= 15 is 0 Å². The highest BCUT2D eigenvalue weighted by Gasteiger charge is 2.25. The van der Waals surface area contributed by atoms with Crippen LogP contribution in [0.15, 0.2) is 36.4 Å². The number of halogens is 1. The molecule has 1 N–H and O–H groups in total. The third kappa shape index (κ3) is 4.99. The van der Waals surface area contributed by atoms with Crippen LogP contribution in [-0.4, -0.2) is 51.1 Å². The summed E-state index contributed by atoms with van der Waals surface area (Å²) in [5.74, 6) is 0.382. The van der Waals surface area contributed by atoms with E-state index in [-0.39, 0.29) is 11.9 Å². The summed E-state index contributed by atoms with van der Waals surface area (Å²) in [6.45, 7) is 3.80. The van der Waals surface area contributed by atoms with Crippen molar-refractivity contribution in [2.24, 2.45) is 0 Å². The van der Waals surface area contributed by atoms with Crippen molar-refractivity contribution in [2.75, 3.05) is 45.2 Å². The smallest absolute Gasteiger partial charge is 0.255 e. The number of nitrogens with zero attached hydrogens (tertiary/aromatic N) is 2. The SMILES string of the molecule is COc1ccc(Cl)cc1C(=O)NCC(c1ccc2c(c1)CCCN2C)N1CCCCC1. The number of ether oxygens (including phenoxy) is 1. The maximum atomic E-state index is 13.0. The lowest BCUT2D eigenvalue weighted by Crippen LogP contribution is -2.40. The predicted molar refractivity (Wildman–Crippen MR) is 127 cm³/mol. The van der Waals surface area contributed by atoms with E-state index in [0.717, 1.165) is 26.1 Å². The van der Waals surface area contributed by atoms with Crippen molar-refractivity contribution in [2.45, 2.75) is 38.1 Å². The summed E-state index contributed by atoms with van der Waals surface area (Å²) in [7, 11) is 3.74. The van der Waals surface area contributed by atoms with Gasteiger partial charge in [-0.25, -0.2) is 0 Å². The molecule has 166 valence electrons. The molecule has 2 aromatic carbocycles. The van der Waals surface area contributed by atoms with Gasteiger partial charge in [0.25, 0.3) is 5.91 Å². The number of carbonyl (C=O) groups excluding carboxylic acids is 1. The Kier molecular flexibility index (Phi) is 7.03. The van der Waals surface area contributed by atoms with Gasteiger partial charge < -0.3 is 15.0 Å². The van der Waals surface area contributed by atoms with E-state index in [1.54, 1.807) is 25.3 Å². The van der Waals surface area contributed by atoms with Crippen LogP contribution in [0.4, 0.5) is 5.69 Å². The lowest BCUT2D eigenvalue weighted by atomic mass is 9.95. The Morgan fingerprint density at radius 2 is 1.90 bits per heavy atom. The zero-order valence-electron chi connectivity index (χ0n) is 18.5. The molecular formula is C25H32ClN3O2. The number of aryl methyl sites for hydroxylation is 1. The van der Waals surface area contributed by atoms with E-state index in [0.29, 0.717) is 22.9 Å². The van der Waals surface area contributed by atoms with Gasteiger partial charge in [0.1, 0.15) is 5.75 Å². The molecule has 1 unspecified atom stereocenters. The Morgan fingerprint density at radius 3 is 2.68 bits per heavy atom. The van der Waals surface area contributed by atoms with Crippen LogP contribution in [0.5, 0.6) is 5.75 Å². The van der Waals surface area contributed by atoms with Crippen LogP contribution in [0, 0.1) is 0 Å². The lowest BCUT2D eigenvalue weighted by molar-refractivity contribution is 0.0921. The molecule has 0 spiro atoms. The van der Waals surface area contributed by atoms with Crippen molar-refractivity contribution in [3.8, 4) is 5.75 Å². The Bertz CT molecular complexity index is 927. The summed E-state index contributed by atoms with van der Waals surface area (Å²) in [5.41, 5.74) is 4.50. The Balaban J connectivity index is 1.56. The molecule has 0 aromatic heterocycles. The topological polar surface area (TPSA) is 44.8 Å². The van der Waals surface area contributed by atoms with Crippen molar-refractivity contribution in [3.05, 3.63) is 58.1 Å². The van der Waals surface area contributed by atoms with Gasteiger partial charge in [0.2, 0.25) is 0 Å². The largest absolute Gasteiger partial charge is 0.496 e. The van der Waals surface area contributed by atoms with Crippen molar-refractivity contribution in [1.82, 2.24) is 10.2 Å². The van der Waals surface area contributed by atoms with Gasteiger partial charge in [-0.1, -0.05) is 30.2 Å². The molecule has 0 saturated carbocycles. The van der Waals surface area contributed by atoms with Crippen LogP contribution >= 0.6 is 11.6 Å². The van der Waals surface area contributed by atoms with Crippen molar-refractivity contribution >= 4 is 23.2 Å². The molecule has 31 heavy (non-hydrogen) atoms. The molecule has 0 bridgehead atoms. The van der Waals surface area contributed by atoms with Gasteiger partial charge in [-0.2, -0.15) is 0 Å². The van der Waals surface area contributed by atoms with E-state index in [1.165, 1.54) is 42.5 Å². The minimum Gasteiger partial charge on any atom is -0.496 e. The minimum absolute atomic E-state index is 0.154. The Hall–Kier alpha value is -2.24. The average Bonchev–Trinajstić information content (AvgIpc) is 2.80. The number of rotatable bonds is 6. The van der Waals surface area contributed by atoms with Crippen LogP contribution in [0.25, 0.3) is 0 Å². The summed E-state index contributed by atoms with van der Waals surface area (Å²) in [5, 5.41) is 3.68. The Labute approximate surface area is 190 Å². The molecule has 1 atom stereocenters. The number of anilines is 1. The number of hydrogen-bond donors (Lipinski definition) is 1. The standard InChI is InChI=1S/C25H32ClN3O2/c1-28-12-6-7-18-15-19(8-10-22(18)28)23(29-13-4-3-5-14-29)17-27-25(30)21-16-20(26)9-11-24(21)31-2/h8-11,15-16,23H,3-7,12-14,17H2,1-2H3,(H,27,30). The summed E-state index contributed by atoms with van der Waals surface area (Å²) in [6.07, 6.45) is 6.00. The molecule has 0 aliphatic carbocycles. The quantitative estimate of drug-likeness (QED) is 0.706. The number of amides is 1. The fourth-order valence-corrected chi connectivity index (χ4v) is 5.01. The monoisotopic (exact) mass is 441 g/mol. The molecule has 5 nitrogen and oxygen atoms in total. The first kappa shape index (κ1) is 22.0. The molecule has 6 heteroatoms. The van der Waals surface area contributed by atoms with Crippen LogP contribution < -0.4 is 15.0 Å². The van der Waals surface area contributed by atoms with Gasteiger partial charge in [-0.15, -0.1) is 0 Å². The van der Waals surface area contributed by atoms with Gasteiger partial charge in [0, 0.05) is 30.8 Å². The summed E-state index contributed by atoms with van der Waals surface area (Å²) >= 11 is 6.13. The highest BCUT2D eigenvalue weighted by atomic mass is 35.5. The van der Waals surface area contributed by atoms with Crippen molar-refractivity contribution < 1.29 is 9.53 Å². The van der Waals surface area contributed by atoms with Gasteiger partial charge in [0.05, 0.1) is 18.7 Å². The van der Waals surface area contributed by atoms with E-state index in [4.69, 9.17) is 16.3 Å². The van der Waals surface area contributed by atoms with Gasteiger partial charge in [-0.3, -0.25) is 9.69 Å². The molecule has 1 amide bonds. The summed E-state index contributed by atoms with van der Waals surface area (Å²) in [4.78, 5) is 17.9. The maximum Gasteiger partial charge on any atom is 0.255 e. The van der Waals surface area contributed by atoms with Crippen molar-refractivity contribution in [1.29, 1.82) is 0 Å². The number of nitrogens with one attached hydrogen (secondary N) is 1. The molecule has 2 aliphatic heterocycles. The highest BCUT2D eigenvalue weighted by molar-refractivity contribution is 6.31. The van der Waals surface area contributed by atoms with Crippen LogP contribution in [0.3, 0.4) is 0 Å². The van der Waals surface area contributed by atoms with Crippen LogP contribution in [0.1, 0.15) is 53.2 Å². The predicted octanol–water partition coefficient (Wildman–Crippen LogP) is 4.69. The van der Waals surface area contributed by atoms with E-state index in [2.05, 4.69) is 40.4 Å². The number of piperidine rings is 1. The number of fused-ring (bicyclic) bond motifs is 1. The normalized spacial score (nSPS) is 17.7. The van der Waals surface area contributed by atoms with Gasteiger partial charge in [-0.05, 0) is 74.2 Å². The number of carbonyl (C=O) groups is 1. The third-order valence-electron chi connectivity index (χ3n) is 6.53. The molecule has 1 saturated heterocycles. The van der Waals surface area contributed by atoms with E-state index < -0.39 is 0 Å². The van der Waals surface area contributed by atoms with Gasteiger partial charge in [0.15, 0.2) is 0 Å². The van der Waals surface area contributed by atoms with E-state index in [1.807, 2.05) is 0 Å². The number of hydrogen-bond acceptors (Lipinski definition) is 4. The second kappa shape index (κ2) is 9.92. The third-order valence-corrected chi connectivity index (χ3v) is 6.77. The lowest BCUT2D eigenvalue weighted by Gasteiger charge is -2.36. The van der Waals surface area contributed by atoms with Crippen LogP contribution in [-0.2, 0) is 6.42 Å².